The van der Waals surface area contributed by atoms with Gasteiger partial charge in [-0.25, -0.2) is 5.10 Å². The van der Waals surface area contributed by atoms with Crippen LogP contribution in [0.5, 0.6) is 0 Å². The molecule has 2 heterocycles. The Kier molecular flexibility index (Phi) is 6.50. The number of amides is 1. The largest absolute Gasteiger partial charge is 0.323 e. The van der Waals surface area contributed by atoms with E-state index in [1.807, 2.05) is 62.0 Å². The SMILES string of the molecule is CSc1ccccc1NC(=O)C[NH+](C)CC(=O)c1cc(C)n(-c2ncn[nH]2)c1C. The Balaban J connectivity index is 1.64. The molecule has 0 bridgehead atoms. The number of likely N-dealkylation sites (N-methyl/N-ethyl adjacent to an activating group) is 1. The number of para-hydroxylation sites is 1. The summed E-state index contributed by atoms with van der Waals surface area (Å²) in [6.07, 6.45) is 3.40. The van der Waals surface area contributed by atoms with Crippen LogP contribution >= 0.6 is 11.8 Å². The van der Waals surface area contributed by atoms with Gasteiger partial charge < -0.3 is 10.2 Å². The summed E-state index contributed by atoms with van der Waals surface area (Å²) < 4.78 is 1.86. The number of aryl methyl sites for hydroxylation is 1. The van der Waals surface area contributed by atoms with Crippen LogP contribution in [0.3, 0.4) is 0 Å². The van der Waals surface area contributed by atoms with Gasteiger partial charge in [0.25, 0.3) is 5.91 Å². The number of thioether (sulfide) groups is 1. The molecule has 0 saturated heterocycles. The molecule has 29 heavy (non-hydrogen) atoms. The van der Waals surface area contributed by atoms with Crippen LogP contribution in [-0.4, -0.2) is 57.8 Å². The second-order valence-corrected chi connectivity index (χ2v) is 7.76. The van der Waals surface area contributed by atoms with Crippen LogP contribution < -0.4 is 10.2 Å². The average molecular weight is 414 g/mol. The Bertz CT molecular complexity index is 1010. The number of hydrogen-bond donors (Lipinski definition) is 3. The van der Waals surface area contributed by atoms with E-state index in [0.717, 1.165) is 26.9 Å². The number of quaternary nitrogens is 1. The van der Waals surface area contributed by atoms with Gasteiger partial charge in [0.05, 0.1) is 12.7 Å². The number of Topliss-reactive ketones (excluding diaryl/α,β-unsaturated/α-hetero) is 1. The molecule has 1 atom stereocenters. The van der Waals surface area contributed by atoms with Crippen molar-refractivity contribution in [2.24, 2.45) is 0 Å². The zero-order chi connectivity index (χ0) is 21.0. The van der Waals surface area contributed by atoms with E-state index >= 15 is 0 Å². The number of hydrogen-bond acceptors (Lipinski definition) is 5. The number of rotatable bonds is 8. The van der Waals surface area contributed by atoms with Crippen molar-refractivity contribution in [2.45, 2.75) is 18.7 Å². The molecule has 3 aromatic rings. The summed E-state index contributed by atoms with van der Waals surface area (Å²) in [5.74, 6) is 0.439. The van der Waals surface area contributed by atoms with Crippen molar-refractivity contribution in [3.8, 4) is 5.95 Å². The molecule has 152 valence electrons. The molecule has 9 heteroatoms. The normalized spacial score (nSPS) is 12.0. The zero-order valence-electron chi connectivity index (χ0n) is 16.9. The topological polar surface area (TPSA) is 97.1 Å². The fourth-order valence-electron chi connectivity index (χ4n) is 3.33. The van der Waals surface area contributed by atoms with Crippen LogP contribution in [0, 0.1) is 13.8 Å². The molecule has 0 aliphatic heterocycles. The number of anilines is 1. The lowest BCUT2D eigenvalue weighted by atomic mass is 10.1. The van der Waals surface area contributed by atoms with Crippen LogP contribution in [0.2, 0.25) is 0 Å². The van der Waals surface area contributed by atoms with Gasteiger partial charge in [-0.2, -0.15) is 10.1 Å². The van der Waals surface area contributed by atoms with E-state index in [-0.39, 0.29) is 24.8 Å². The summed E-state index contributed by atoms with van der Waals surface area (Å²) in [7, 11) is 1.84. The van der Waals surface area contributed by atoms with E-state index in [1.54, 1.807) is 11.8 Å². The lowest BCUT2D eigenvalue weighted by Crippen LogP contribution is -3.11. The van der Waals surface area contributed by atoms with Gasteiger partial charge in [-0.15, -0.1) is 11.8 Å². The van der Waals surface area contributed by atoms with Crippen molar-refractivity contribution in [3.63, 3.8) is 0 Å². The van der Waals surface area contributed by atoms with E-state index in [4.69, 9.17) is 0 Å². The molecule has 1 unspecified atom stereocenters. The number of nitrogens with one attached hydrogen (secondary N) is 3. The molecule has 1 amide bonds. The third-order valence-corrected chi connectivity index (χ3v) is 5.45. The van der Waals surface area contributed by atoms with E-state index in [0.29, 0.717) is 11.5 Å². The Hall–Kier alpha value is -2.91. The minimum Gasteiger partial charge on any atom is -0.323 e. The summed E-state index contributed by atoms with van der Waals surface area (Å²) in [4.78, 5) is 31.2. The van der Waals surface area contributed by atoms with Crippen LogP contribution in [0.4, 0.5) is 5.69 Å². The van der Waals surface area contributed by atoms with Gasteiger partial charge in [0, 0.05) is 21.8 Å². The van der Waals surface area contributed by atoms with Gasteiger partial charge in [0.15, 0.2) is 6.54 Å². The molecule has 8 nitrogen and oxygen atoms in total. The highest BCUT2D eigenvalue weighted by Crippen LogP contribution is 2.24. The first-order chi connectivity index (χ1) is 13.9. The van der Waals surface area contributed by atoms with Gasteiger partial charge in [-0.3, -0.25) is 14.2 Å². The molecule has 0 aliphatic rings. The Morgan fingerprint density at radius 3 is 2.69 bits per heavy atom. The Morgan fingerprint density at radius 1 is 1.24 bits per heavy atom. The van der Waals surface area contributed by atoms with Crippen LogP contribution in [0.25, 0.3) is 5.95 Å². The Morgan fingerprint density at radius 2 is 2.00 bits per heavy atom. The number of nitrogens with zero attached hydrogens (tertiary/aromatic N) is 3. The highest BCUT2D eigenvalue weighted by molar-refractivity contribution is 7.98. The van der Waals surface area contributed by atoms with Crippen molar-refractivity contribution >= 4 is 29.1 Å². The predicted octanol–water partition coefficient (Wildman–Crippen LogP) is 1.27. The highest BCUT2D eigenvalue weighted by atomic mass is 32.2. The fraction of sp³-hybridized carbons (Fsp3) is 0.300. The molecule has 0 spiro atoms. The first kappa shape index (κ1) is 20.8. The Labute approximate surface area is 173 Å². The zero-order valence-corrected chi connectivity index (χ0v) is 17.8. The van der Waals surface area contributed by atoms with Crippen molar-refractivity contribution in [2.75, 3.05) is 31.7 Å². The third kappa shape index (κ3) is 4.75. The minimum absolute atomic E-state index is 0.0151. The summed E-state index contributed by atoms with van der Waals surface area (Å²) in [6.45, 7) is 4.22. The first-order valence-corrected chi connectivity index (χ1v) is 10.4. The predicted molar refractivity (Wildman–Crippen MR) is 113 cm³/mol. The maximum Gasteiger partial charge on any atom is 0.279 e. The number of aromatic amines is 1. The second-order valence-electron chi connectivity index (χ2n) is 6.91. The highest BCUT2D eigenvalue weighted by Gasteiger charge is 2.22. The van der Waals surface area contributed by atoms with Gasteiger partial charge in [-0.05, 0) is 38.3 Å². The maximum absolute atomic E-state index is 12.8. The van der Waals surface area contributed by atoms with E-state index in [9.17, 15) is 9.59 Å². The van der Waals surface area contributed by atoms with Crippen LogP contribution in [-0.2, 0) is 4.79 Å². The molecular weight excluding hydrogens is 388 g/mol. The van der Waals surface area contributed by atoms with Gasteiger partial charge in [-0.1, -0.05) is 12.1 Å². The molecule has 0 fully saturated rings. The number of H-pyrrole nitrogens is 1. The van der Waals surface area contributed by atoms with Crippen molar-refractivity contribution in [1.82, 2.24) is 19.7 Å². The monoisotopic (exact) mass is 413 g/mol. The molecule has 1 aromatic carbocycles. The molecule has 3 rings (SSSR count). The first-order valence-electron chi connectivity index (χ1n) is 9.22. The molecule has 0 aliphatic carbocycles. The van der Waals surface area contributed by atoms with Crippen LogP contribution in [0.15, 0.2) is 41.6 Å². The smallest absolute Gasteiger partial charge is 0.279 e. The van der Waals surface area contributed by atoms with Gasteiger partial charge in [0.2, 0.25) is 11.7 Å². The number of carbonyl (C=O) groups is 2. The maximum atomic E-state index is 12.8. The molecule has 0 saturated carbocycles. The van der Waals surface area contributed by atoms with Crippen molar-refractivity contribution in [1.29, 1.82) is 0 Å². The third-order valence-electron chi connectivity index (χ3n) is 4.65. The summed E-state index contributed by atoms with van der Waals surface area (Å²) in [6, 6.07) is 9.52. The number of ketones is 1. The summed E-state index contributed by atoms with van der Waals surface area (Å²) >= 11 is 1.58. The molecule has 3 N–H and O–H groups in total. The van der Waals surface area contributed by atoms with Crippen molar-refractivity contribution < 1.29 is 14.5 Å². The molecule has 0 radical (unpaired) electrons. The van der Waals surface area contributed by atoms with E-state index in [1.165, 1.54) is 6.33 Å². The average Bonchev–Trinajstić information content (AvgIpc) is 3.29. The fourth-order valence-corrected chi connectivity index (χ4v) is 3.88. The van der Waals surface area contributed by atoms with E-state index < -0.39 is 0 Å². The van der Waals surface area contributed by atoms with Crippen molar-refractivity contribution in [3.05, 3.63) is 53.6 Å². The van der Waals surface area contributed by atoms with Crippen LogP contribution in [0.1, 0.15) is 21.7 Å². The molecular formula is C20H25N6O2S+. The lowest BCUT2D eigenvalue weighted by Gasteiger charge is -2.14. The standard InChI is InChI=1S/C20H24N6O2S/c1-13-9-15(14(2)26(13)20-21-12-22-24-20)17(27)10-25(3)11-19(28)23-16-7-5-6-8-18(16)29-4/h5-9,12H,10-11H2,1-4H3,(H,23,28)(H,21,22,24)/p+1. The minimum atomic E-state index is -0.121. The lowest BCUT2D eigenvalue weighted by molar-refractivity contribution is -0.861. The summed E-state index contributed by atoms with van der Waals surface area (Å²) in [5.41, 5.74) is 3.12. The van der Waals surface area contributed by atoms with E-state index in [2.05, 4.69) is 20.5 Å². The number of aromatic nitrogens is 4. The van der Waals surface area contributed by atoms with Gasteiger partial charge in [0.1, 0.15) is 12.9 Å². The summed E-state index contributed by atoms with van der Waals surface area (Å²) in [5, 5.41) is 9.62. The molecule has 2 aromatic heterocycles. The number of carbonyl (C=O) groups excluding carboxylic acids is 2. The quantitative estimate of drug-likeness (QED) is 0.382. The van der Waals surface area contributed by atoms with Gasteiger partial charge >= 0.3 is 0 Å². The second kappa shape index (κ2) is 9.06. The number of benzene rings is 1.